The predicted molar refractivity (Wildman–Crippen MR) is 73.4 cm³/mol. The third-order valence-electron chi connectivity index (χ3n) is 3.42. The molecule has 1 fully saturated rings. The zero-order valence-corrected chi connectivity index (χ0v) is 11.3. The Morgan fingerprint density at radius 3 is 2.95 bits per heavy atom. The minimum Gasteiger partial charge on any atom is -0.376 e. The lowest BCUT2D eigenvalue weighted by Gasteiger charge is -2.24. The Kier molecular flexibility index (Phi) is 4.18. The highest BCUT2D eigenvalue weighted by molar-refractivity contribution is 6.00. The van der Waals surface area contributed by atoms with Crippen LogP contribution in [0, 0.1) is 11.3 Å². The first-order valence-electron chi connectivity index (χ1n) is 6.49. The van der Waals surface area contributed by atoms with Crippen LogP contribution in [-0.4, -0.2) is 32.1 Å². The summed E-state index contributed by atoms with van der Waals surface area (Å²) in [6.07, 6.45) is 2.36. The lowest BCUT2D eigenvalue weighted by molar-refractivity contribution is 0.101. The molecule has 1 saturated heterocycles. The molecule has 1 heterocycles. The number of Topliss-reactive ketones (excluding diaryl/α,β-unsaturated/α-hetero) is 1. The average molecular weight is 258 g/mol. The Morgan fingerprint density at radius 1 is 1.58 bits per heavy atom. The van der Waals surface area contributed by atoms with Crippen molar-refractivity contribution in [2.75, 3.05) is 25.1 Å². The van der Waals surface area contributed by atoms with Crippen molar-refractivity contribution in [2.24, 2.45) is 0 Å². The molecule has 2 rings (SSSR count). The van der Waals surface area contributed by atoms with E-state index in [2.05, 4.69) is 6.07 Å². The van der Waals surface area contributed by atoms with Crippen LogP contribution in [0.15, 0.2) is 18.2 Å². The van der Waals surface area contributed by atoms with Gasteiger partial charge in [-0.3, -0.25) is 4.79 Å². The number of benzene rings is 1. The maximum absolute atomic E-state index is 11.7. The highest BCUT2D eigenvalue weighted by Gasteiger charge is 2.20. The van der Waals surface area contributed by atoms with E-state index in [9.17, 15) is 4.79 Å². The molecule has 0 aliphatic carbocycles. The van der Waals surface area contributed by atoms with E-state index in [0.29, 0.717) is 11.1 Å². The molecular formula is C15H18N2O2. The van der Waals surface area contributed by atoms with Gasteiger partial charge < -0.3 is 9.64 Å². The molecule has 1 aliphatic heterocycles. The van der Waals surface area contributed by atoms with Gasteiger partial charge in [0.25, 0.3) is 0 Å². The van der Waals surface area contributed by atoms with Gasteiger partial charge in [-0.25, -0.2) is 0 Å². The second kappa shape index (κ2) is 5.85. The molecule has 1 aromatic carbocycles. The molecule has 100 valence electrons. The zero-order chi connectivity index (χ0) is 13.8. The fraction of sp³-hybridized carbons (Fsp3) is 0.467. The molecule has 4 heteroatoms. The van der Waals surface area contributed by atoms with Crippen molar-refractivity contribution in [3.63, 3.8) is 0 Å². The van der Waals surface area contributed by atoms with E-state index in [0.717, 1.165) is 31.7 Å². The van der Waals surface area contributed by atoms with Crippen LogP contribution in [0.4, 0.5) is 5.69 Å². The van der Waals surface area contributed by atoms with Gasteiger partial charge in [0.2, 0.25) is 0 Å². The Labute approximate surface area is 113 Å². The maximum Gasteiger partial charge on any atom is 0.161 e. The first-order chi connectivity index (χ1) is 9.11. The zero-order valence-electron chi connectivity index (χ0n) is 11.3. The molecule has 0 aromatic heterocycles. The van der Waals surface area contributed by atoms with E-state index < -0.39 is 0 Å². The average Bonchev–Trinajstić information content (AvgIpc) is 2.90. The number of carbonyl (C=O) groups is 1. The number of rotatable bonds is 4. The topological polar surface area (TPSA) is 53.3 Å². The van der Waals surface area contributed by atoms with Crippen LogP contribution in [-0.2, 0) is 4.74 Å². The molecule has 0 amide bonds. The second-order valence-corrected chi connectivity index (χ2v) is 4.92. The molecule has 0 N–H and O–H groups in total. The van der Waals surface area contributed by atoms with Crippen LogP contribution in [0.5, 0.6) is 0 Å². The first-order valence-corrected chi connectivity index (χ1v) is 6.49. The number of hydrogen-bond acceptors (Lipinski definition) is 4. The molecule has 0 spiro atoms. The van der Waals surface area contributed by atoms with Gasteiger partial charge >= 0.3 is 0 Å². The Bertz CT molecular complexity index is 513. The molecular weight excluding hydrogens is 240 g/mol. The van der Waals surface area contributed by atoms with E-state index in [4.69, 9.17) is 10.00 Å². The number of hydrogen-bond donors (Lipinski definition) is 0. The van der Waals surface area contributed by atoms with E-state index in [1.807, 2.05) is 11.9 Å². The SMILES string of the molecule is CC(=O)c1ccc(C#N)cc1N(C)CC1CCCO1. The van der Waals surface area contributed by atoms with Crippen LogP contribution < -0.4 is 4.90 Å². The maximum atomic E-state index is 11.7. The summed E-state index contributed by atoms with van der Waals surface area (Å²) in [6.45, 7) is 3.11. The molecule has 1 aliphatic rings. The Hall–Kier alpha value is -1.86. The smallest absolute Gasteiger partial charge is 0.161 e. The minimum absolute atomic E-state index is 0.0127. The summed E-state index contributed by atoms with van der Waals surface area (Å²) < 4.78 is 5.61. The van der Waals surface area contributed by atoms with E-state index in [-0.39, 0.29) is 11.9 Å². The second-order valence-electron chi connectivity index (χ2n) is 4.92. The Balaban J connectivity index is 2.24. The third kappa shape index (κ3) is 3.12. The number of carbonyl (C=O) groups excluding carboxylic acids is 1. The van der Waals surface area contributed by atoms with E-state index in [1.165, 1.54) is 0 Å². The van der Waals surface area contributed by atoms with Crippen molar-refractivity contribution >= 4 is 11.5 Å². The summed E-state index contributed by atoms with van der Waals surface area (Å²) in [4.78, 5) is 13.7. The highest BCUT2D eigenvalue weighted by atomic mass is 16.5. The summed E-state index contributed by atoms with van der Waals surface area (Å²) in [7, 11) is 1.94. The van der Waals surface area contributed by atoms with Crippen molar-refractivity contribution in [1.82, 2.24) is 0 Å². The summed E-state index contributed by atoms with van der Waals surface area (Å²) in [6, 6.07) is 7.29. The summed E-state index contributed by atoms with van der Waals surface area (Å²) in [5, 5.41) is 8.98. The fourth-order valence-electron chi connectivity index (χ4n) is 2.41. The van der Waals surface area contributed by atoms with Crippen molar-refractivity contribution in [1.29, 1.82) is 5.26 Å². The Morgan fingerprint density at radius 2 is 2.37 bits per heavy atom. The first kappa shape index (κ1) is 13.6. The molecule has 0 bridgehead atoms. The van der Waals surface area contributed by atoms with Gasteiger partial charge in [-0.2, -0.15) is 5.26 Å². The van der Waals surface area contributed by atoms with Gasteiger partial charge in [0.05, 0.1) is 17.7 Å². The van der Waals surface area contributed by atoms with E-state index in [1.54, 1.807) is 25.1 Å². The summed E-state index contributed by atoms with van der Waals surface area (Å²) in [5.74, 6) is 0.0127. The number of ether oxygens (including phenoxy) is 1. The monoisotopic (exact) mass is 258 g/mol. The molecule has 4 nitrogen and oxygen atoms in total. The number of nitrogens with zero attached hydrogens (tertiary/aromatic N) is 2. The molecule has 1 aromatic rings. The van der Waals surface area contributed by atoms with Gasteiger partial charge in [0.15, 0.2) is 5.78 Å². The van der Waals surface area contributed by atoms with Crippen LogP contribution in [0.1, 0.15) is 35.7 Å². The summed E-state index contributed by atoms with van der Waals surface area (Å²) in [5.41, 5.74) is 2.03. The van der Waals surface area contributed by atoms with Gasteiger partial charge in [0, 0.05) is 31.5 Å². The lowest BCUT2D eigenvalue weighted by atomic mass is 10.1. The lowest BCUT2D eigenvalue weighted by Crippen LogP contribution is -2.29. The van der Waals surface area contributed by atoms with Crippen molar-refractivity contribution in [3.05, 3.63) is 29.3 Å². The van der Waals surface area contributed by atoms with Crippen LogP contribution in [0.2, 0.25) is 0 Å². The van der Waals surface area contributed by atoms with Gasteiger partial charge in [-0.15, -0.1) is 0 Å². The van der Waals surface area contributed by atoms with Crippen LogP contribution in [0.25, 0.3) is 0 Å². The third-order valence-corrected chi connectivity index (χ3v) is 3.42. The number of anilines is 1. The normalized spacial score (nSPS) is 18.1. The predicted octanol–water partition coefficient (Wildman–Crippen LogP) is 2.38. The molecule has 1 unspecified atom stereocenters. The number of ketones is 1. The van der Waals surface area contributed by atoms with Crippen molar-refractivity contribution in [3.8, 4) is 6.07 Å². The van der Waals surface area contributed by atoms with Gasteiger partial charge in [-0.05, 0) is 38.0 Å². The quantitative estimate of drug-likeness (QED) is 0.778. The minimum atomic E-state index is 0.0127. The van der Waals surface area contributed by atoms with Crippen LogP contribution in [0.3, 0.4) is 0 Å². The van der Waals surface area contributed by atoms with Crippen molar-refractivity contribution in [2.45, 2.75) is 25.9 Å². The summed E-state index contributed by atoms with van der Waals surface area (Å²) >= 11 is 0. The largest absolute Gasteiger partial charge is 0.376 e. The van der Waals surface area contributed by atoms with Gasteiger partial charge in [-0.1, -0.05) is 0 Å². The van der Waals surface area contributed by atoms with Gasteiger partial charge in [0.1, 0.15) is 0 Å². The fourth-order valence-corrected chi connectivity index (χ4v) is 2.41. The molecule has 0 saturated carbocycles. The molecule has 0 radical (unpaired) electrons. The number of nitriles is 1. The highest BCUT2D eigenvalue weighted by Crippen LogP contribution is 2.24. The van der Waals surface area contributed by atoms with E-state index >= 15 is 0 Å². The molecule has 1 atom stereocenters. The van der Waals surface area contributed by atoms with Crippen LogP contribution >= 0.6 is 0 Å². The van der Waals surface area contributed by atoms with Crippen molar-refractivity contribution < 1.29 is 9.53 Å². The standard InChI is InChI=1S/C15H18N2O2/c1-11(18)14-6-5-12(9-16)8-15(14)17(2)10-13-4-3-7-19-13/h5-6,8,13H,3-4,7,10H2,1-2H3. The number of likely N-dealkylation sites (N-methyl/N-ethyl adjacent to an activating group) is 1. The molecule has 19 heavy (non-hydrogen) atoms.